The lowest BCUT2D eigenvalue weighted by Gasteiger charge is -2.01. The number of aromatic nitrogens is 2. The number of nitrogens with zero attached hydrogens (tertiary/aromatic N) is 3. The van der Waals surface area contributed by atoms with Gasteiger partial charge in [-0.15, -0.1) is 0 Å². The van der Waals surface area contributed by atoms with E-state index in [4.69, 9.17) is 0 Å². The van der Waals surface area contributed by atoms with E-state index in [1.54, 1.807) is 18.6 Å². The van der Waals surface area contributed by atoms with Gasteiger partial charge in [0.2, 0.25) is 5.91 Å². The number of carbonyl (C=O) groups excluding carboxylic acids is 1. The second-order valence-corrected chi connectivity index (χ2v) is 3.86. The van der Waals surface area contributed by atoms with Crippen LogP contribution >= 0.6 is 0 Å². The maximum Gasteiger partial charge on any atom is 0.245 e. The van der Waals surface area contributed by atoms with Crippen LogP contribution in [0.3, 0.4) is 0 Å². The Balaban J connectivity index is 1.86. The van der Waals surface area contributed by atoms with Crippen molar-refractivity contribution in [3.05, 3.63) is 54.1 Å². The molecule has 2 aromatic rings. The summed E-state index contributed by atoms with van der Waals surface area (Å²) in [5.41, 5.74) is 4.34. The Kier molecular flexibility index (Phi) is 3.86. The molecule has 92 valence electrons. The van der Waals surface area contributed by atoms with Gasteiger partial charge in [-0.3, -0.25) is 9.78 Å². The van der Waals surface area contributed by atoms with Gasteiger partial charge >= 0.3 is 0 Å². The minimum Gasteiger partial charge on any atom is -0.354 e. The van der Waals surface area contributed by atoms with Crippen LogP contribution in [0.1, 0.15) is 11.3 Å². The topological polar surface area (TPSA) is 59.3 Å². The second kappa shape index (κ2) is 5.77. The quantitative estimate of drug-likeness (QED) is 0.645. The molecule has 0 aliphatic rings. The Morgan fingerprint density at radius 1 is 1.44 bits per heavy atom. The molecule has 0 saturated carbocycles. The summed E-state index contributed by atoms with van der Waals surface area (Å²) in [6.45, 7) is 0. The monoisotopic (exact) mass is 242 g/mol. The number of hydrazone groups is 1. The normalized spacial score (nSPS) is 10.7. The van der Waals surface area contributed by atoms with Gasteiger partial charge in [-0.25, -0.2) is 5.43 Å². The zero-order chi connectivity index (χ0) is 12.8. The van der Waals surface area contributed by atoms with Crippen molar-refractivity contribution in [2.24, 2.45) is 12.1 Å². The third kappa shape index (κ3) is 3.28. The van der Waals surface area contributed by atoms with Crippen molar-refractivity contribution in [1.82, 2.24) is 15.0 Å². The summed E-state index contributed by atoms with van der Waals surface area (Å²) in [5, 5.41) is 3.89. The molecule has 0 aliphatic carbocycles. The number of pyridine rings is 1. The minimum absolute atomic E-state index is 0.137. The van der Waals surface area contributed by atoms with Crippen LogP contribution in [0.25, 0.3) is 0 Å². The zero-order valence-electron chi connectivity index (χ0n) is 10.1. The Morgan fingerprint density at radius 3 is 2.89 bits per heavy atom. The average Bonchev–Trinajstić information content (AvgIpc) is 2.76. The molecule has 5 nitrogen and oxygen atoms in total. The number of amides is 1. The van der Waals surface area contributed by atoms with Crippen LogP contribution in [0, 0.1) is 0 Å². The van der Waals surface area contributed by atoms with E-state index in [1.807, 2.05) is 42.1 Å². The molecule has 0 unspecified atom stereocenters. The predicted octanol–water partition coefficient (Wildman–Crippen LogP) is 1.11. The van der Waals surface area contributed by atoms with Crippen LogP contribution in [0.5, 0.6) is 0 Å². The number of nitrogens with one attached hydrogen (secondary N) is 1. The van der Waals surface area contributed by atoms with Crippen LogP contribution in [-0.4, -0.2) is 21.7 Å². The standard InChI is InChI=1S/C13H14N4O/c1-17-8-2-3-12(17)9-13(18)16-15-10-11-4-6-14-7-5-11/h2-8,10H,9H2,1H3,(H,16,18). The molecule has 18 heavy (non-hydrogen) atoms. The molecule has 1 amide bonds. The number of rotatable bonds is 4. The average molecular weight is 242 g/mol. The highest BCUT2D eigenvalue weighted by atomic mass is 16.2. The summed E-state index contributed by atoms with van der Waals surface area (Å²) in [6, 6.07) is 7.44. The first-order chi connectivity index (χ1) is 8.75. The summed E-state index contributed by atoms with van der Waals surface area (Å²) in [4.78, 5) is 15.5. The minimum atomic E-state index is -0.137. The van der Waals surface area contributed by atoms with Gasteiger partial charge in [0.05, 0.1) is 12.6 Å². The molecule has 2 heterocycles. The van der Waals surface area contributed by atoms with E-state index in [0.29, 0.717) is 6.42 Å². The van der Waals surface area contributed by atoms with Crippen LogP contribution in [-0.2, 0) is 18.3 Å². The van der Waals surface area contributed by atoms with Crippen LogP contribution in [0.4, 0.5) is 0 Å². The zero-order valence-corrected chi connectivity index (χ0v) is 10.1. The highest BCUT2D eigenvalue weighted by Gasteiger charge is 2.03. The summed E-state index contributed by atoms with van der Waals surface area (Å²) >= 11 is 0. The molecular formula is C13H14N4O. The molecule has 0 fully saturated rings. The van der Waals surface area contributed by atoms with E-state index in [-0.39, 0.29) is 5.91 Å². The molecular weight excluding hydrogens is 228 g/mol. The van der Waals surface area contributed by atoms with Gasteiger partial charge < -0.3 is 4.57 Å². The summed E-state index contributed by atoms with van der Waals surface area (Å²) in [6.07, 6.45) is 7.16. The number of hydrogen-bond donors (Lipinski definition) is 1. The van der Waals surface area contributed by atoms with Gasteiger partial charge in [0.1, 0.15) is 0 Å². The van der Waals surface area contributed by atoms with E-state index in [1.165, 1.54) is 0 Å². The Labute approximate surface area is 105 Å². The third-order valence-corrected chi connectivity index (χ3v) is 2.50. The Hall–Kier alpha value is -2.43. The number of hydrogen-bond acceptors (Lipinski definition) is 3. The maximum atomic E-state index is 11.6. The molecule has 0 radical (unpaired) electrons. The van der Waals surface area contributed by atoms with Crippen LogP contribution < -0.4 is 5.43 Å². The van der Waals surface area contributed by atoms with Gasteiger partial charge in [-0.1, -0.05) is 0 Å². The Bertz CT molecular complexity index is 545. The van der Waals surface area contributed by atoms with Crippen LogP contribution in [0.2, 0.25) is 0 Å². The maximum absolute atomic E-state index is 11.6. The van der Waals surface area contributed by atoms with Crippen molar-refractivity contribution in [2.75, 3.05) is 0 Å². The summed E-state index contributed by atoms with van der Waals surface area (Å²) in [7, 11) is 1.91. The van der Waals surface area contributed by atoms with E-state index in [0.717, 1.165) is 11.3 Å². The first-order valence-corrected chi connectivity index (χ1v) is 5.58. The second-order valence-electron chi connectivity index (χ2n) is 3.86. The number of aryl methyl sites for hydroxylation is 1. The fourth-order valence-electron chi connectivity index (χ4n) is 1.51. The fraction of sp³-hybridized carbons (Fsp3) is 0.154. The largest absolute Gasteiger partial charge is 0.354 e. The van der Waals surface area contributed by atoms with Gasteiger partial charge in [0.15, 0.2) is 0 Å². The molecule has 0 spiro atoms. The van der Waals surface area contributed by atoms with Crippen molar-refractivity contribution in [2.45, 2.75) is 6.42 Å². The molecule has 1 N–H and O–H groups in total. The predicted molar refractivity (Wildman–Crippen MR) is 69.1 cm³/mol. The lowest BCUT2D eigenvalue weighted by atomic mass is 10.3. The third-order valence-electron chi connectivity index (χ3n) is 2.50. The van der Waals surface area contributed by atoms with E-state index in [2.05, 4.69) is 15.5 Å². The molecule has 2 aromatic heterocycles. The number of carbonyl (C=O) groups is 1. The molecule has 0 saturated heterocycles. The van der Waals surface area contributed by atoms with Gasteiger partial charge in [-0.05, 0) is 29.8 Å². The molecule has 2 rings (SSSR count). The SMILES string of the molecule is Cn1cccc1CC(=O)NN=Cc1ccncc1. The molecule has 0 bridgehead atoms. The van der Waals surface area contributed by atoms with Crippen molar-refractivity contribution >= 4 is 12.1 Å². The first kappa shape index (κ1) is 12.0. The smallest absolute Gasteiger partial charge is 0.245 e. The van der Waals surface area contributed by atoms with Gasteiger partial charge in [-0.2, -0.15) is 5.10 Å². The van der Waals surface area contributed by atoms with E-state index in [9.17, 15) is 4.79 Å². The van der Waals surface area contributed by atoms with Crippen molar-refractivity contribution in [1.29, 1.82) is 0 Å². The van der Waals surface area contributed by atoms with E-state index >= 15 is 0 Å². The fourth-order valence-corrected chi connectivity index (χ4v) is 1.51. The van der Waals surface area contributed by atoms with Crippen LogP contribution in [0.15, 0.2) is 48.0 Å². The van der Waals surface area contributed by atoms with Crippen molar-refractivity contribution in [3.8, 4) is 0 Å². The highest BCUT2D eigenvalue weighted by Crippen LogP contribution is 2.00. The molecule has 5 heteroatoms. The lowest BCUT2D eigenvalue weighted by molar-refractivity contribution is -0.120. The summed E-state index contributed by atoms with van der Waals surface area (Å²) in [5.74, 6) is -0.137. The molecule has 0 atom stereocenters. The lowest BCUT2D eigenvalue weighted by Crippen LogP contribution is -2.20. The molecule has 0 aliphatic heterocycles. The van der Waals surface area contributed by atoms with Gasteiger partial charge in [0, 0.05) is 31.3 Å². The Morgan fingerprint density at radius 2 is 2.22 bits per heavy atom. The first-order valence-electron chi connectivity index (χ1n) is 5.58. The van der Waals surface area contributed by atoms with Gasteiger partial charge in [0.25, 0.3) is 0 Å². The molecule has 0 aromatic carbocycles. The van der Waals surface area contributed by atoms with Crippen molar-refractivity contribution in [3.63, 3.8) is 0 Å². The van der Waals surface area contributed by atoms with E-state index < -0.39 is 0 Å². The van der Waals surface area contributed by atoms with Crippen molar-refractivity contribution < 1.29 is 4.79 Å². The summed E-state index contributed by atoms with van der Waals surface area (Å²) < 4.78 is 1.91. The highest BCUT2D eigenvalue weighted by molar-refractivity contribution is 5.82.